The van der Waals surface area contributed by atoms with Gasteiger partial charge in [-0.3, -0.25) is 32.5 Å². The second kappa shape index (κ2) is 86.0. The molecule has 4 N–H and O–H groups in total. The molecule has 0 radical (unpaired) electrons. The minimum atomic E-state index is -4.96. The zero-order chi connectivity index (χ0) is 82.2. The number of rotatable bonds is 82. The lowest BCUT2D eigenvalue weighted by molar-refractivity contribution is -0.161. The monoisotopic (exact) mass is 1620 g/mol. The van der Waals surface area contributed by atoms with Crippen LogP contribution in [0.5, 0.6) is 0 Å². The molecule has 644 valence electrons. The predicted molar refractivity (Wildman–Crippen MR) is 472 cm³/mol. The third kappa shape index (κ3) is 87.3. The van der Waals surface area contributed by atoms with Gasteiger partial charge in [-0.05, 0) is 148 Å². The lowest BCUT2D eigenvalue weighted by Gasteiger charge is -2.21. The van der Waals surface area contributed by atoms with Crippen LogP contribution in [-0.4, -0.2) is 95.9 Å². The Hall–Kier alpha value is -5.35. The summed E-state index contributed by atoms with van der Waals surface area (Å²) in [5.41, 5.74) is 0. The van der Waals surface area contributed by atoms with Crippen LogP contribution in [0.4, 0.5) is 0 Å². The zero-order valence-electron chi connectivity index (χ0n) is 70.7. The van der Waals surface area contributed by atoms with Gasteiger partial charge in [0.2, 0.25) is 0 Å². The predicted octanol–water partition coefficient (Wildman–Crippen LogP) is 26.9. The van der Waals surface area contributed by atoms with E-state index in [9.17, 15) is 43.5 Å². The molecule has 16 nitrogen and oxygen atoms in total. The number of carbonyl (C=O) groups excluding carboxylic acids is 3. The van der Waals surface area contributed by atoms with E-state index in [1.54, 1.807) is 0 Å². The molecule has 0 aliphatic heterocycles. The number of hydrogen-bond acceptors (Lipinski definition) is 14. The average Bonchev–Trinajstić information content (AvgIpc) is 0.902. The van der Waals surface area contributed by atoms with Crippen LogP contribution >= 0.6 is 15.6 Å². The van der Waals surface area contributed by atoms with Crippen molar-refractivity contribution in [1.82, 2.24) is 0 Å². The Morgan fingerprint density at radius 1 is 0.257 bits per heavy atom. The topological polar surface area (TPSA) is 231 Å². The molecule has 0 bridgehead atoms. The molecule has 18 heteroatoms. The second-order valence-corrected chi connectivity index (χ2v) is 31.8. The lowest BCUT2D eigenvalue weighted by Crippen LogP contribution is -2.29. The summed E-state index contributed by atoms with van der Waals surface area (Å²) in [5, 5.41) is 20.7. The number of aliphatic hydroxyl groups is 2. The van der Waals surface area contributed by atoms with Crippen LogP contribution in [0.1, 0.15) is 342 Å². The molecule has 0 amide bonds. The molecule has 5 unspecified atom stereocenters. The minimum absolute atomic E-state index is 0.0274. The minimum Gasteiger partial charge on any atom is -0.463 e. The quantitative estimate of drug-likeness (QED) is 0.0146. The van der Waals surface area contributed by atoms with E-state index < -0.39 is 91.5 Å². The first-order valence-electron chi connectivity index (χ1n) is 44.1. The number of phosphoric acid groups is 2. The highest BCUT2D eigenvalue weighted by Gasteiger charge is 2.29. The first kappa shape index (κ1) is 108. The summed E-state index contributed by atoms with van der Waals surface area (Å²) in [6.45, 7) is 2.35. The van der Waals surface area contributed by atoms with Crippen molar-refractivity contribution in [3.63, 3.8) is 0 Å². The van der Waals surface area contributed by atoms with Gasteiger partial charge in [0, 0.05) is 19.3 Å². The molecule has 5 atom stereocenters. The smallest absolute Gasteiger partial charge is 0.463 e. The van der Waals surface area contributed by atoms with Gasteiger partial charge in [-0.1, -0.05) is 357 Å². The van der Waals surface area contributed by atoms with E-state index in [4.69, 9.17) is 32.3 Å². The molecule has 0 aromatic carbocycles. The van der Waals surface area contributed by atoms with Gasteiger partial charge in [-0.15, -0.1) is 0 Å². The third-order valence-electron chi connectivity index (χ3n) is 18.1. The van der Waals surface area contributed by atoms with Gasteiger partial charge in [0.05, 0.1) is 26.4 Å². The standard InChI is InChI=1S/C95H158O16P2/c1-4-7-10-13-16-19-22-25-28-31-34-36-38-40-41-42-43-44-45-46-47-49-51-52-55-57-60-63-66-69-72-75-78-81-93(98)105-84-90(96)85-107-112(101,102)108-86-91(97)87-109-113(103,104)110-89-92(111-95(100)83-80-77-74-71-68-65-62-59-54-33-30-27-24-21-18-15-12-9-6-3)88-106-94(99)82-79-76-73-70-67-64-61-58-56-53-50-48-39-37-35-32-29-26-23-20-17-14-11-8-5-2/h7,9-10,12,16-21,25-30,34-37,40-41,48,50,54,59,65,68,74,77,90-92,96-97H,4-6,8,11,13-15,22-24,31-33,38-39,42-47,49,51-53,55-58,60-64,66-67,69-73,75-76,78-89H2,1-3H3,(H,101,102)(H,103,104)/b10-7-,12-9-,19-16-,20-17-,21-18-,28-25-,29-26-,30-27-,36-34-,37-35-,41-40-,50-48-,59-54-,68-65-,77-74-. The summed E-state index contributed by atoms with van der Waals surface area (Å²) in [5.74, 6) is -1.68. The Bertz CT molecular complexity index is 2780. The summed E-state index contributed by atoms with van der Waals surface area (Å²) >= 11 is 0. The summed E-state index contributed by atoms with van der Waals surface area (Å²) in [6, 6.07) is 0. The van der Waals surface area contributed by atoms with Crippen LogP contribution in [0.2, 0.25) is 0 Å². The highest BCUT2D eigenvalue weighted by molar-refractivity contribution is 7.47. The van der Waals surface area contributed by atoms with Crippen LogP contribution in [0, 0.1) is 0 Å². The molecule has 113 heavy (non-hydrogen) atoms. The van der Waals surface area contributed by atoms with Gasteiger partial charge in [0.15, 0.2) is 6.10 Å². The molecule has 0 heterocycles. The van der Waals surface area contributed by atoms with Crippen LogP contribution in [0.25, 0.3) is 0 Å². The van der Waals surface area contributed by atoms with Gasteiger partial charge in [-0.25, -0.2) is 9.13 Å². The van der Waals surface area contributed by atoms with Gasteiger partial charge in [-0.2, -0.15) is 0 Å². The van der Waals surface area contributed by atoms with Crippen molar-refractivity contribution in [2.45, 2.75) is 360 Å². The van der Waals surface area contributed by atoms with Crippen molar-refractivity contribution in [3.8, 4) is 0 Å². The zero-order valence-corrected chi connectivity index (χ0v) is 72.5. The Morgan fingerprint density at radius 3 is 0.779 bits per heavy atom. The Morgan fingerprint density at radius 2 is 0.487 bits per heavy atom. The highest BCUT2D eigenvalue weighted by atomic mass is 31.2. The van der Waals surface area contributed by atoms with Crippen molar-refractivity contribution in [3.05, 3.63) is 182 Å². The van der Waals surface area contributed by atoms with E-state index in [0.29, 0.717) is 25.7 Å². The SMILES string of the molecule is CC/C=C\C/C=C\C/C=C\C/C=C\C/C=C\C/C=C\CCC(=O)OC(COC(=O)CCCCCCCCCCC/C=C\C/C=C\C/C=C\C/C=C\CCCCC)COP(=O)(O)OCC(O)COP(=O)(O)OCC(O)COC(=O)CCCCCCCCCCCCCCCCCCC/C=C\C/C=C\C/C=C\C/C=C\C/C=C\CC. The largest absolute Gasteiger partial charge is 0.472 e. The maximum atomic E-state index is 13.0. The number of allylic oxidation sites excluding steroid dienone is 30. The Kier molecular flexibility index (Phi) is 81.9. The van der Waals surface area contributed by atoms with Crippen LogP contribution < -0.4 is 0 Å². The first-order chi connectivity index (χ1) is 55.2. The van der Waals surface area contributed by atoms with E-state index in [2.05, 4.69) is 185 Å². The number of phosphoric ester groups is 2. The number of esters is 3. The third-order valence-corrected chi connectivity index (χ3v) is 20.0. The molecular weight excluding hydrogens is 1460 g/mol. The summed E-state index contributed by atoms with van der Waals surface area (Å²) in [6.07, 6.45) is 112. The molecule has 0 aromatic rings. The van der Waals surface area contributed by atoms with Crippen molar-refractivity contribution < 1.29 is 75.8 Å². The Labute approximate surface area is 687 Å². The number of hydrogen-bond donors (Lipinski definition) is 4. The molecular formula is C95H158O16P2. The van der Waals surface area contributed by atoms with Crippen LogP contribution in [0.15, 0.2) is 182 Å². The van der Waals surface area contributed by atoms with Gasteiger partial charge in [0.25, 0.3) is 0 Å². The van der Waals surface area contributed by atoms with Crippen molar-refractivity contribution in [2.75, 3.05) is 39.6 Å². The Balaban J connectivity index is 4.58. The second-order valence-electron chi connectivity index (χ2n) is 28.9. The molecule has 0 rings (SSSR count). The van der Waals surface area contributed by atoms with E-state index in [-0.39, 0.29) is 19.3 Å². The molecule has 0 spiro atoms. The normalized spacial score (nSPS) is 14.7. The van der Waals surface area contributed by atoms with Gasteiger partial charge < -0.3 is 34.2 Å². The van der Waals surface area contributed by atoms with Gasteiger partial charge in [0.1, 0.15) is 25.4 Å². The van der Waals surface area contributed by atoms with Gasteiger partial charge >= 0.3 is 33.6 Å². The maximum absolute atomic E-state index is 13.0. The van der Waals surface area contributed by atoms with E-state index >= 15 is 0 Å². The van der Waals surface area contributed by atoms with Crippen molar-refractivity contribution >= 4 is 33.6 Å². The number of aliphatic hydroxyl groups excluding tert-OH is 2. The van der Waals surface area contributed by atoms with E-state index in [1.807, 2.05) is 18.2 Å². The number of carbonyl (C=O) groups is 3. The average molecular weight is 1620 g/mol. The molecule has 0 aliphatic rings. The fourth-order valence-electron chi connectivity index (χ4n) is 11.5. The fourth-order valence-corrected chi connectivity index (χ4v) is 13.1. The fraction of sp³-hybridized carbons (Fsp3) is 0.653. The molecule has 0 saturated heterocycles. The summed E-state index contributed by atoms with van der Waals surface area (Å²) in [4.78, 5) is 58.8. The van der Waals surface area contributed by atoms with Crippen molar-refractivity contribution in [1.29, 1.82) is 0 Å². The lowest BCUT2D eigenvalue weighted by atomic mass is 10.0. The molecule has 0 saturated carbocycles. The van der Waals surface area contributed by atoms with E-state index in [1.165, 1.54) is 141 Å². The number of unbranched alkanes of at least 4 members (excludes halogenated alkanes) is 29. The van der Waals surface area contributed by atoms with Crippen LogP contribution in [-0.2, 0) is 55.8 Å². The van der Waals surface area contributed by atoms with E-state index in [0.717, 1.165) is 135 Å². The maximum Gasteiger partial charge on any atom is 0.472 e. The van der Waals surface area contributed by atoms with Crippen LogP contribution in [0.3, 0.4) is 0 Å². The number of ether oxygens (including phenoxy) is 3. The van der Waals surface area contributed by atoms with Crippen molar-refractivity contribution in [2.24, 2.45) is 0 Å². The molecule has 0 aromatic heterocycles. The first-order valence-corrected chi connectivity index (χ1v) is 47.1. The summed E-state index contributed by atoms with van der Waals surface area (Å²) in [7, 11) is -9.84. The molecule has 0 fully saturated rings. The highest BCUT2D eigenvalue weighted by Crippen LogP contribution is 2.45. The summed E-state index contributed by atoms with van der Waals surface area (Å²) < 4.78 is 61.3. The molecule has 0 aliphatic carbocycles.